The monoisotopic (exact) mass is 372 g/mol. The number of hydrogen-bond acceptors (Lipinski definition) is 5. The van der Waals surface area contributed by atoms with Crippen molar-refractivity contribution in [2.75, 3.05) is 11.8 Å². The number of aryl methyl sites for hydroxylation is 2. The van der Waals surface area contributed by atoms with Crippen molar-refractivity contribution >= 4 is 26.7 Å². The lowest BCUT2D eigenvalue weighted by Crippen LogP contribution is -2.19. The molecule has 0 amide bonds. The van der Waals surface area contributed by atoms with E-state index in [1.54, 1.807) is 13.2 Å². The van der Waals surface area contributed by atoms with Gasteiger partial charge in [0.05, 0.1) is 18.1 Å². The van der Waals surface area contributed by atoms with Gasteiger partial charge in [-0.1, -0.05) is 12.1 Å². The van der Waals surface area contributed by atoms with Gasteiger partial charge < -0.3 is 4.74 Å². The zero-order chi connectivity index (χ0) is 18.5. The fourth-order valence-corrected chi connectivity index (χ4v) is 4.36. The third kappa shape index (κ3) is 2.90. The Morgan fingerprint density at radius 2 is 2.00 bits per heavy atom. The molecule has 0 unspecified atom stereocenters. The minimum Gasteiger partial charge on any atom is -0.494 e. The molecule has 1 aliphatic rings. The summed E-state index contributed by atoms with van der Waals surface area (Å²) in [5, 5.41) is 5.11. The topological polar surface area (TPSA) is 86.1 Å². The summed E-state index contributed by atoms with van der Waals surface area (Å²) >= 11 is 0. The van der Waals surface area contributed by atoms with Gasteiger partial charge in [-0.2, -0.15) is 9.78 Å². The molecule has 1 saturated carbocycles. The van der Waals surface area contributed by atoms with E-state index in [1.807, 2.05) is 38.1 Å². The Kier molecular flexibility index (Phi) is 3.87. The minimum atomic E-state index is -3.39. The van der Waals surface area contributed by atoms with E-state index in [0.29, 0.717) is 41.4 Å². The fourth-order valence-electron chi connectivity index (χ4n) is 3.00. The summed E-state index contributed by atoms with van der Waals surface area (Å²) in [6.07, 6.45) is 1.40. The van der Waals surface area contributed by atoms with Crippen molar-refractivity contribution in [3.8, 4) is 11.6 Å². The number of fused-ring (bicyclic) bond motifs is 1. The summed E-state index contributed by atoms with van der Waals surface area (Å²) in [6, 6.07) is 9.36. The number of sulfonamides is 1. The first-order valence-corrected chi connectivity index (χ1v) is 9.97. The molecule has 7 nitrogen and oxygen atoms in total. The summed E-state index contributed by atoms with van der Waals surface area (Å²) < 4.78 is 34.3. The molecular weight excluding hydrogens is 352 g/mol. The quantitative estimate of drug-likeness (QED) is 0.744. The number of methoxy groups -OCH3 is 1. The molecule has 1 aliphatic carbocycles. The molecule has 1 fully saturated rings. The van der Waals surface area contributed by atoms with Gasteiger partial charge in [-0.25, -0.2) is 13.4 Å². The number of anilines is 1. The number of benzene rings is 1. The first-order valence-electron chi connectivity index (χ1n) is 8.42. The second-order valence-electron chi connectivity index (χ2n) is 6.58. The highest BCUT2D eigenvalue weighted by atomic mass is 32.2. The van der Waals surface area contributed by atoms with E-state index in [-0.39, 0.29) is 5.25 Å². The maximum atomic E-state index is 12.3. The molecule has 2 aromatic heterocycles. The van der Waals surface area contributed by atoms with Gasteiger partial charge in [0.2, 0.25) is 10.0 Å². The summed E-state index contributed by atoms with van der Waals surface area (Å²) in [4.78, 5) is 4.68. The van der Waals surface area contributed by atoms with Gasteiger partial charge in [0.1, 0.15) is 17.1 Å². The van der Waals surface area contributed by atoms with Crippen LogP contribution in [0.3, 0.4) is 0 Å². The van der Waals surface area contributed by atoms with Crippen LogP contribution in [0.25, 0.3) is 16.7 Å². The third-order valence-electron chi connectivity index (χ3n) is 4.47. The lowest BCUT2D eigenvalue weighted by atomic mass is 10.1. The van der Waals surface area contributed by atoms with Crippen molar-refractivity contribution in [3.63, 3.8) is 0 Å². The maximum absolute atomic E-state index is 12.3. The Hall–Kier alpha value is -2.61. The second-order valence-corrected chi connectivity index (χ2v) is 8.54. The predicted molar refractivity (Wildman–Crippen MR) is 100 cm³/mol. The van der Waals surface area contributed by atoms with Gasteiger partial charge in [0.25, 0.3) is 0 Å². The summed E-state index contributed by atoms with van der Waals surface area (Å²) in [6.45, 7) is 3.80. The molecule has 0 atom stereocenters. The number of aromatic nitrogens is 3. The number of para-hydroxylation sites is 1. The van der Waals surface area contributed by atoms with Gasteiger partial charge in [0, 0.05) is 11.5 Å². The van der Waals surface area contributed by atoms with Crippen LogP contribution in [0.5, 0.6) is 5.75 Å². The van der Waals surface area contributed by atoms with Crippen LogP contribution in [-0.2, 0) is 10.0 Å². The van der Waals surface area contributed by atoms with Crippen molar-refractivity contribution in [3.05, 3.63) is 41.6 Å². The van der Waals surface area contributed by atoms with Crippen LogP contribution in [0.15, 0.2) is 30.3 Å². The molecule has 26 heavy (non-hydrogen) atoms. The summed E-state index contributed by atoms with van der Waals surface area (Å²) in [5.41, 5.74) is 2.43. The molecule has 0 spiro atoms. The van der Waals surface area contributed by atoms with Crippen molar-refractivity contribution in [1.82, 2.24) is 14.8 Å². The highest BCUT2D eigenvalue weighted by Crippen LogP contribution is 2.31. The molecule has 4 rings (SSSR count). The molecule has 0 aliphatic heterocycles. The Bertz CT molecular complexity index is 1100. The van der Waals surface area contributed by atoms with Crippen molar-refractivity contribution in [1.29, 1.82) is 0 Å². The van der Waals surface area contributed by atoms with Crippen LogP contribution in [0, 0.1) is 13.8 Å². The smallest absolute Gasteiger partial charge is 0.236 e. The Labute approximate surface area is 152 Å². The van der Waals surface area contributed by atoms with Gasteiger partial charge in [-0.05, 0) is 44.4 Å². The Morgan fingerprint density at radius 1 is 1.23 bits per heavy atom. The van der Waals surface area contributed by atoms with Crippen LogP contribution in [0.4, 0.5) is 5.82 Å². The average molecular weight is 372 g/mol. The van der Waals surface area contributed by atoms with Crippen LogP contribution in [-0.4, -0.2) is 35.5 Å². The number of hydrogen-bond donors (Lipinski definition) is 1. The highest BCUT2D eigenvalue weighted by molar-refractivity contribution is 7.93. The van der Waals surface area contributed by atoms with Gasteiger partial charge in [0.15, 0.2) is 5.82 Å². The first kappa shape index (κ1) is 16.8. The standard InChI is InChI=1S/C18H20N4O3S/c1-11-9-16(19-18-14(11)5-4-6-15(18)25-3)22-17(10-12(2)20-22)21-26(23,24)13-7-8-13/h4-6,9-10,13,21H,7-8H2,1-3H3. The molecule has 0 bridgehead atoms. The first-order chi connectivity index (χ1) is 12.4. The summed E-state index contributed by atoms with van der Waals surface area (Å²) in [5.74, 6) is 1.60. The van der Waals surface area contributed by atoms with E-state index in [4.69, 9.17) is 4.74 Å². The largest absolute Gasteiger partial charge is 0.494 e. The Morgan fingerprint density at radius 3 is 2.69 bits per heavy atom. The summed E-state index contributed by atoms with van der Waals surface area (Å²) in [7, 11) is -1.78. The van der Waals surface area contributed by atoms with Gasteiger partial charge >= 0.3 is 0 Å². The fraction of sp³-hybridized carbons (Fsp3) is 0.333. The number of nitrogens with zero attached hydrogens (tertiary/aromatic N) is 3. The number of rotatable bonds is 5. The number of ether oxygens (including phenoxy) is 1. The minimum absolute atomic E-state index is 0.308. The second kappa shape index (κ2) is 5.98. The lowest BCUT2D eigenvalue weighted by molar-refractivity contribution is 0.419. The van der Waals surface area contributed by atoms with Crippen LogP contribution >= 0.6 is 0 Å². The molecule has 2 heterocycles. The van der Waals surface area contributed by atoms with Crippen molar-refractivity contribution in [2.45, 2.75) is 31.9 Å². The van der Waals surface area contributed by atoms with E-state index >= 15 is 0 Å². The molecule has 1 aromatic carbocycles. The third-order valence-corrected chi connectivity index (χ3v) is 6.32. The van der Waals surface area contributed by atoms with E-state index < -0.39 is 10.0 Å². The lowest BCUT2D eigenvalue weighted by Gasteiger charge is -2.12. The van der Waals surface area contributed by atoms with Crippen LogP contribution < -0.4 is 9.46 Å². The average Bonchev–Trinajstić information content (AvgIpc) is 3.39. The molecule has 0 saturated heterocycles. The van der Waals surface area contributed by atoms with E-state index in [9.17, 15) is 8.42 Å². The molecule has 136 valence electrons. The number of pyridine rings is 1. The molecule has 8 heteroatoms. The Balaban J connectivity index is 1.85. The zero-order valence-electron chi connectivity index (χ0n) is 14.9. The van der Waals surface area contributed by atoms with Gasteiger partial charge in [-0.3, -0.25) is 4.72 Å². The zero-order valence-corrected chi connectivity index (χ0v) is 15.7. The SMILES string of the molecule is COc1cccc2c(C)cc(-n3nc(C)cc3NS(=O)(=O)C3CC3)nc12. The van der Waals surface area contributed by atoms with Crippen LogP contribution in [0.2, 0.25) is 0 Å². The maximum Gasteiger partial charge on any atom is 0.236 e. The normalized spacial score (nSPS) is 14.6. The molecule has 0 radical (unpaired) electrons. The van der Waals surface area contributed by atoms with E-state index in [1.165, 1.54) is 4.68 Å². The molecular formula is C18H20N4O3S. The molecule has 3 aromatic rings. The predicted octanol–water partition coefficient (Wildman–Crippen LogP) is 2.95. The van der Waals surface area contributed by atoms with Crippen molar-refractivity contribution in [2.24, 2.45) is 0 Å². The van der Waals surface area contributed by atoms with Gasteiger partial charge in [-0.15, -0.1) is 0 Å². The van der Waals surface area contributed by atoms with Crippen molar-refractivity contribution < 1.29 is 13.2 Å². The van der Waals surface area contributed by atoms with E-state index in [2.05, 4.69) is 14.8 Å². The highest BCUT2D eigenvalue weighted by Gasteiger charge is 2.36. The molecule has 1 N–H and O–H groups in total. The van der Waals surface area contributed by atoms with E-state index in [0.717, 1.165) is 10.9 Å². The number of nitrogens with one attached hydrogen (secondary N) is 1. The van der Waals surface area contributed by atoms with Crippen LogP contribution in [0.1, 0.15) is 24.1 Å².